The first kappa shape index (κ1) is 13.7. The molecular formula is C13H16ClFO3. The van der Waals surface area contributed by atoms with Crippen LogP contribution in [0.2, 0.25) is 5.02 Å². The lowest BCUT2D eigenvalue weighted by atomic mass is 9.84. The second kappa shape index (κ2) is 5.53. The third-order valence-corrected chi connectivity index (χ3v) is 3.74. The zero-order valence-corrected chi connectivity index (χ0v) is 10.9. The molecule has 0 aliphatic carbocycles. The average Bonchev–Trinajstić information content (AvgIpc) is 2.39. The van der Waals surface area contributed by atoms with Crippen molar-refractivity contribution in [2.45, 2.75) is 24.5 Å². The molecule has 5 heteroatoms. The van der Waals surface area contributed by atoms with Gasteiger partial charge in [-0.25, -0.2) is 4.39 Å². The maximum Gasteiger partial charge on any atom is 0.130 e. The van der Waals surface area contributed by atoms with Crippen LogP contribution >= 0.6 is 11.6 Å². The summed E-state index contributed by atoms with van der Waals surface area (Å²) >= 11 is 5.70. The molecule has 1 aliphatic heterocycles. The fourth-order valence-electron chi connectivity index (χ4n) is 2.31. The highest BCUT2D eigenvalue weighted by Crippen LogP contribution is 2.38. The van der Waals surface area contributed by atoms with Gasteiger partial charge in [-0.3, -0.25) is 0 Å². The Hall–Kier alpha value is -0.680. The lowest BCUT2D eigenvalue weighted by Crippen LogP contribution is -2.44. The number of aliphatic hydroxyl groups is 1. The van der Waals surface area contributed by atoms with Gasteiger partial charge in [0.05, 0.1) is 0 Å². The van der Waals surface area contributed by atoms with Crippen LogP contribution in [0.25, 0.3) is 0 Å². The van der Waals surface area contributed by atoms with Crippen LogP contribution in [-0.4, -0.2) is 31.0 Å². The first-order valence-electron chi connectivity index (χ1n) is 5.85. The molecule has 0 saturated carbocycles. The van der Waals surface area contributed by atoms with E-state index >= 15 is 0 Å². The number of methoxy groups -OCH3 is 1. The minimum atomic E-state index is -1.02. The molecule has 0 spiro atoms. The van der Waals surface area contributed by atoms with E-state index in [-0.39, 0.29) is 5.56 Å². The van der Waals surface area contributed by atoms with Crippen molar-refractivity contribution >= 4 is 11.6 Å². The topological polar surface area (TPSA) is 38.7 Å². The molecule has 18 heavy (non-hydrogen) atoms. The molecule has 0 bridgehead atoms. The molecule has 1 fully saturated rings. The molecule has 100 valence electrons. The van der Waals surface area contributed by atoms with E-state index in [1.807, 2.05) is 0 Å². The number of rotatable bonds is 3. The SMILES string of the molecule is COC1(C(O)c2ccc(Cl)cc2F)CCOCC1. The lowest BCUT2D eigenvalue weighted by molar-refractivity contribution is -0.155. The van der Waals surface area contributed by atoms with E-state index in [1.165, 1.54) is 19.2 Å². The number of ether oxygens (including phenoxy) is 2. The Labute approximate surface area is 110 Å². The van der Waals surface area contributed by atoms with Crippen LogP contribution in [0.5, 0.6) is 0 Å². The van der Waals surface area contributed by atoms with Crippen molar-refractivity contribution in [3.8, 4) is 0 Å². The van der Waals surface area contributed by atoms with Crippen molar-refractivity contribution in [3.05, 3.63) is 34.6 Å². The van der Waals surface area contributed by atoms with E-state index in [0.29, 0.717) is 31.1 Å². The molecule has 1 saturated heterocycles. The summed E-state index contributed by atoms with van der Waals surface area (Å²) in [4.78, 5) is 0. The summed E-state index contributed by atoms with van der Waals surface area (Å²) < 4.78 is 24.5. The minimum absolute atomic E-state index is 0.211. The lowest BCUT2D eigenvalue weighted by Gasteiger charge is -2.39. The van der Waals surface area contributed by atoms with Gasteiger partial charge in [0.25, 0.3) is 0 Å². The highest BCUT2D eigenvalue weighted by molar-refractivity contribution is 6.30. The Bertz CT molecular complexity index is 419. The first-order valence-corrected chi connectivity index (χ1v) is 6.23. The summed E-state index contributed by atoms with van der Waals surface area (Å²) in [5.41, 5.74) is -0.574. The van der Waals surface area contributed by atoms with E-state index < -0.39 is 17.5 Å². The summed E-state index contributed by atoms with van der Waals surface area (Å²) in [5, 5.41) is 10.7. The van der Waals surface area contributed by atoms with E-state index in [1.54, 1.807) is 6.07 Å². The van der Waals surface area contributed by atoms with E-state index in [0.717, 1.165) is 0 Å². The van der Waals surface area contributed by atoms with Crippen molar-refractivity contribution in [2.75, 3.05) is 20.3 Å². The number of halogens is 2. The normalized spacial score (nSPS) is 20.7. The predicted molar refractivity (Wildman–Crippen MR) is 66.2 cm³/mol. The molecule has 1 N–H and O–H groups in total. The maximum absolute atomic E-state index is 13.8. The van der Waals surface area contributed by atoms with E-state index in [2.05, 4.69) is 0 Å². The highest BCUT2D eigenvalue weighted by Gasteiger charge is 2.41. The highest BCUT2D eigenvalue weighted by atomic mass is 35.5. The summed E-state index contributed by atoms with van der Waals surface area (Å²) in [6.07, 6.45) is 0.0445. The van der Waals surface area contributed by atoms with Crippen LogP contribution in [0.1, 0.15) is 24.5 Å². The molecular weight excluding hydrogens is 259 g/mol. The van der Waals surface area contributed by atoms with Gasteiger partial charge >= 0.3 is 0 Å². The minimum Gasteiger partial charge on any atom is -0.385 e. The Morgan fingerprint density at radius 1 is 1.44 bits per heavy atom. The molecule has 1 aromatic carbocycles. The molecule has 1 aliphatic rings. The van der Waals surface area contributed by atoms with Gasteiger partial charge in [0, 0.05) is 43.8 Å². The molecule has 1 heterocycles. The van der Waals surface area contributed by atoms with Gasteiger partial charge in [0.2, 0.25) is 0 Å². The van der Waals surface area contributed by atoms with Crippen LogP contribution in [0, 0.1) is 5.82 Å². The largest absolute Gasteiger partial charge is 0.385 e. The second-order valence-electron chi connectivity index (χ2n) is 4.45. The van der Waals surface area contributed by atoms with Crippen molar-refractivity contribution in [1.82, 2.24) is 0 Å². The number of aliphatic hydroxyl groups excluding tert-OH is 1. The van der Waals surface area contributed by atoms with Crippen molar-refractivity contribution in [2.24, 2.45) is 0 Å². The summed E-state index contributed by atoms with van der Waals surface area (Å²) in [6, 6.07) is 4.26. The molecule has 3 nitrogen and oxygen atoms in total. The fourth-order valence-corrected chi connectivity index (χ4v) is 2.47. The predicted octanol–water partition coefficient (Wildman–Crippen LogP) is 2.71. The quantitative estimate of drug-likeness (QED) is 0.921. The zero-order valence-electron chi connectivity index (χ0n) is 10.2. The van der Waals surface area contributed by atoms with Gasteiger partial charge in [-0.1, -0.05) is 17.7 Å². The van der Waals surface area contributed by atoms with Gasteiger partial charge < -0.3 is 14.6 Å². The smallest absolute Gasteiger partial charge is 0.130 e. The van der Waals surface area contributed by atoms with Gasteiger partial charge in [0.1, 0.15) is 17.5 Å². The summed E-state index contributed by atoms with van der Waals surface area (Å²) in [7, 11) is 1.53. The Kier molecular flexibility index (Phi) is 4.22. The van der Waals surface area contributed by atoms with Crippen molar-refractivity contribution in [3.63, 3.8) is 0 Å². The van der Waals surface area contributed by atoms with Crippen molar-refractivity contribution < 1.29 is 19.0 Å². The third kappa shape index (κ3) is 2.52. The number of benzene rings is 1. The Morgan fingerprint density at radius 2 is 2.11 bits per heavy atom. The first-order chi connectivity index (χ1) is 8.59. The average molecular weight is 275 g/mol. The molecule has 1 unspecified atom stereocenters. The third-order valence-electron chi connectivity index (χ3n) is 3.50. The molecule has 0 amide bonds. The number of hydrogen-bond acceptors (Lipinski definition) is 3. The van der Waals surface area contributed by atoms with Crippen LogP contribution < -0.4 is 0 Å². The van der Waals surface area contributed by atoms with E-state index in [4.69, 9.17) is 21.1 Å². The standard InChI is InChI=1S/C13H16ClFO3/c1-17-13(4-6-18-7-5-13)12(16)10-3-2-9(14)8-11(10)15/h2-3,8,12,16H,4-7H2,1H3. The van der Waals surface area contributed by atoms with E-state index in [9.17, 15) is 9.50 Å². The Balaban J connectivity index is 2.30. The van der Waals surface area contributed by atoms with Gasteiger partial charge in [-0.05, 0) is 12.1 Å². The second-order valence-corrected chi connectivity index (χ2v) is 4.89. The number of hydrogen-bond donors (Lipinski definition) is 1. The monoisotopic (exact) mass is 274 g/mol. The van der Waals surface area contributed by atoms with Gasteiger partial charge in [0.15, 0.2) is 0 Å². The molecule has 1 aromatic rings. The van der Waals surface area contributed by atoms with Crippen LogP contribution in [-0.2, 0) is 9.47 Å². The molecule has 1 atom stereocenters. The van der Waals surface area contributed by atoms with Gasteiger partial charge in [-0.2, -0.15) is 0 Å². The molecule has 2 rings (SSSR count). The van der Waals surface area contributed by atoms with Crippen LogP contribution in [0.15, 0.2) is 18.2 Å². The molecule has 0 radical (unpaired) electrons. The van der Waals surface area contributed by atoms with Crippen LogP contribution in [0.4, 0.5) is 4.39 Å². The summed E-state index contributed by atoms with van der Waals surface area (Å²) in [5.74, 6) is -0.516. The maximum atomic E-state index is 13.8. The zero-order chi connectivity index (χ0) is 13.2. The van der Waals surface area contributed by atoms with Gasteiger partial charge in [-0.15, -0.1) is 0 Å². The van der Waals surface area contributed by atoms with Crippen molar-refractivity contribution in [1.29, 1.82) is 0 Å². The Morgan fingerprint density at radius 3 is 2.67 bits per heavy atom. The fraction of sp³-hybridized carbons (Fsp3) is 0.538. The van der Waals surface area contributed by atoms with Crippen LogP contribution in [0.3, 0.4) is 0 Å². The summed E-state index contributed by atoms with van der Waals surface area (Å²) in [6.45, 7) is 1.00. The molecule has 0 aromatic heterocycles.